The minimum Gasteiger partial charge on any atom is -0.353 e. The predicted molar refractivity (Wildman–Crippen MR) is 134 cm³/mol. The van der Waals surface area contributed by atoms with Crippen molar-refractivity contribution >= 4 is 44.3 Å². The molecular weight excluding hydrogens is 472 g/mol. The third kappa shape index (κ3) is 4.50. The second-order valence-corrected chi connectivity index (χ2v) is 11.1. The van der Waals surface area contributed by atoms with E-state index in [9.17, 15) is 13.2 Å². The van der Waals surface area contributed by atoms with Crippen molar-refractivity contribution in [2.75, 3.05) is 44.2 Å². The van der Waals surface area contributed by atoms with Crippen LogP contribution >= 0.6 is 11.6 Å². The largest absolute Gasteiger partial charge is 0.353 e. The second kappa shape index (κ2) is 9.52. The minimum atomic E-state index is -3.64. The fourth-order valence-electron chi connectivity index (χ4n) is 4.62. The summed E-state index contributed by atoms with van der Waals surface area (Å²) in [6.07, 6.45) is 2.75. The lowest BCUT2D eigenvalue weighted by molar-refractivity contribution is 0.0746. The average Bonchev–Trinajstić information content (AvgIpc) is 2.89. The molecule has 0 radical (unpaired) electrons. The Morgan fingerprint density at radius 2 is 1.59 bits per heavy atom. The second-order valence-electron chi connectivity index (χ2n) is 8.75. The summed E-state index contributed by atoms with van der Waals surface area (Å²) in [6.45, 7) is 3.32. The summed E-state index contributed by atoms with van der Waals surface area (Å²) in [4.78, 5) is 22.1. The Balaban J connectivity index is 1.31. The summed E-state index contributed by atoms with van der Waals surface area (Å²) in [5.41, 5.74) is 1.18. The van der Waals surface area contributed by atoms with E-state index in [4.69, 9.17) is 16.6 Å². The molecule has 9 heteroatoms. The fraction of sp³-hybridized carbons (Fsp3) is 0.360. The van der Waals surface area contributed by atoms with Crippen LogP contribution in [0, 0.1) is 0 Å². The standard InChI is InChI=1S/C25H27ClN4O3S/c26-22-10-9-20(34(32,33)30-12-4-1-5-13-30)18-21(22)25(31)29-16-14-28(15-17-29)24-11-8-19-6-2-3-7-23(19)27-24/h2-3,6-11,18H,1,4-5,12-17H2. The number of rotatable bonds is 4. The summed E-state index contributed by atoms with van der Waals surface area (Å²) in [5, 5.41) is 1.36. The van der Waals surface area contributed by atoms with Crippen LogP contribution in [0.15, 0.2) is 59.5 Å². The maximum absolute atomic E-state index is 13.3. The number of aromatic nitrogens is 1. The maximum Gasteiger partial charge on any atom is 0.255 e. The van der Waals surface area contributed by atoms with Crippen LogP contribution in [-0.4, -0.2) is 67.8 Å². The van der Waals surface area contributed by atoms with Gasteiger partial charge in [0.25, 0.3) is 5.91 Å². The van der Waals surface area contributed by atoms with Gasteiger partial charge in [-0.2, -0.15) is 4.31 Å². The van der Waals surface area contributed by atoms with Crippen molar-refractivity contribution in [1.29, 1.82) is 0 Å². The molecule has 0 bridgehead atoms. The number of anilines is 1. The van der Waals surface area contributed by atoms with E-state index in [1.165, 1.54) is 22.5 Å². The van der Waals surface area contributed by atoms with E-state index >= 15 is 0 Å². The lowest BCUT2D eigenvalue weighted by Crippen LogP contribution is -2.49. The molecule has 2 aliphatic heterocycles. The van der Waals surface area contributed by atoms with Gasteiger partial charge in [-0.05, 0) is 49.2 Å². The number of hydrogen-bond donors (Lipinski definition) is 0. The zero-order valence-electron chi connectivity index (χ0n) is 18.9. The highest BCUT2D eigenvalue weighted by atomic mass is 35.5. The number of carbonyl (C=O) groups excluding carboxylic acids is 1. The SMILES string of the molecule is O=C(c1cc(S(=O)(=O)N2CCCCC2)ccc1Cl)N1CCN(c2ccc3ccccc3n2)CC1. The number of pyridine rings is 1. The molecule has 178 valence electrons. The van der Waals surface area contributed by atoms with Crippen LogP contribution < -0.4 is 4.90 Å². The third-order valence-electron chi connectivity index (χ3n) is 6.60. The summed E-state index contributed by atoms with van der Waals surface area (Å²) in [6, 6.07) is 16.5. The van der Waals surface area contributed by atoms with Gasteiger partial charge in [-0.1, -0.05) is 36.2 Å². The van der Waals surface area contributed by atoms with Gasteiger partial charge in [0.05, 0.1) is 21.0 Å². The van der Waals surface area contributed by atoms with Crippen LogP contribution in [0.2, 0.25) is 5.02 Å². The van der Waals surface area contributed by atoms with Gasteiger partial charge in [-0.3, -0.25) is 4.79 Å². The average molecular weight is 499 g/mol. The van der Waals surface area contributed by atoms with E-state index in [0.29, 0.717) is 39.3 Å². The van der Waals surface area contributed by atoms with E-state index in [0.717, 1.165) is 36.0 Å². The lowest BCUT2D eigenvalue weighted by atomic mass is 10.1. The molecule has 3 aromatic rings. The molecule has 34 heavy (non-hydrogen) atoms. The maximum atomic E-state index is 13.3. The number of nitrogens with zero attached hydrogens (tertiary/aromatic N) is 4. The number of para-hydroxylation sites is 1. The monoisotopic (exact) mass is 498 g/mol. The predicted octanol–water partition coefficient (Wildman–Crippen LogP) is 4.03. The topological polar surface area (TPSA) is 73.8 Å². The summed E-state index contributed by atoms with van der Waals surface area (Å²) in [7, 11) is -3.64. The Kier molecular flexibility index (Phi) is 6.46. The molecule has 0 saturated carbocycles. The smallest absolute Gasteiger partial charge is 0.255 e. The molecule has 0 unspecified atom stereocenters. The molecule has 2 fully saturated rings. The molecule has 0 atom stereocenters. The van der Waals surface area contributed by atoms with Gasteiger partial charge in [0.15, 0.2) is 0 Å². The van der Waals surface area contributed by atoms with Crippen molar-refractivity contribution in [2.24, 2.45) is 0 Å². The summed E-state index contributed by atoms with van der Waals surface area (Å²) >= 11 is 6.35. The van der Waals surface area contributed by atoms with Gasteiger partial charge < -0.3 is 9.80 Å². The van der Waals surface area contributed by atoms with Gasteiger partial charge in [0.1, 0.15) is 5.82 Å². The van der Waals surface area contributed by atoms with E-state index in [-0.39, 0.29) is 21.4 Å². The highest BCUT2D eigenvalue weighted by Crippen LogP contribution is 2.27. The molecule has 2 aliphatic rings. The lowest BCUT2D eigenvalue weighted by Gasteiger charge is -2.35. The number of hydrogen-bond acceptors (Lipinski definition) is 5. The van der Waals surface area contributed by atoms with Crippen LogP contribution in [0.3, 0.4) is 0 Å². The van der Waals surface area contributed by atoms with Crippen LogP contribution in [0.5, 0.6) is 0 Å². The first-order valence-corrected chi connectivity index (χ1v) is 13.4. The number of sulfonamides is 1. The van der Waals surface area contributed by atoms with E-state index in [1.54, 1.807) is 4.90 Å². The molecule has 0 spiro atoms. The number of piperazine rings is 1. The van der Waals surface area contributed by atoms with Crippen molar-refractivity contribution in [3.63, 3.8) is 0 Å². The van der Waals surface area contributed by atoms with E-state index in [2.05, 4.69) is 11.0 Å². The fourth-order valence-corrected chi connectivity index (χ4v) is 6.37. The highest BCUT2D eigenvalue weighted by molar-refractivity contribution is 7.89. The zero-order chi connectivity index (χ0) is 23.7. The van der Waals surface area contributed by atoms with Crippen LogP contribution in [-0.2, 0) is 10.0 Å². The van der Waals surface area contributed by atoms with E-state index < -0.39 is 10.0 Å². The number of halogens is 1. The number of fused-ring (bicyclic) bond motifs is 1. The Hall–Kier alpha value is -2.68. The van der Waals surface area contributed by atoms with Gasteiger partial charge in [-0.15, -0.1) is 0 Å². The molecule has 0 aliphatic carbocycles. The molecule has 5 rings (SSSR count). The van der Waals surface area contributed by atoms with Gasteiger partial charge in [0.2, 0.25) is 10.0 Å². The minimum absolute atomic E-state index is 0.126. The van der Waals surface area contributed by atoms with Crippen LogP contribution in [0.25, 0.3) is 10.9 Å². The quantitative estimate of drug-likeness (QED) is 0.543. The Morgan fingerprint density at radius 1 is 0.853 bits per heavy atom. The number of benzene rings is 2. The Labute approximate surface area is 205 Å². The summed E-state index contributed by atoms with van der Waals surface area (Å²) < 4.78 is 27.7. The first-order valence-electron chi connectivity index (χ1n) is 11.6. The molecule has 7 nitrogen and oxygen atoms in total. The van der Waals surface area contributed by atoms with Crippen molar-refractivity contribution in [3.05, 3.63) is 65.2 Å². The molecule has 3 heterocycles. The first kappa shape index (κ1) is 23.1. The van der Waals surface area contributed by atoms with Crippen molar-refractivity contribution in [2.45, 2.75) is 24.2 Å². The summed E-state index contributed by atoms with van der Waals surface area (Å²) in [5.74, 6) is 0.644. The number of amides is 1. The van der Waals surface area contributed by atoms with Crippen molar-refractivity contribution in [3.8, 4) is 0 Å². The molecule has 1 amide bonds. The van der Waals surface area contributed by atoms with Crippen LogP contribution in [0.4, 0.5) is 5.82 Å². The van der Waals surface area contributed by atoms with Gasteiger partial charge in [-0.25, -0.2) is 13.4 Å². The van der Waals surface area contributed by atoms with Crippen molar-refractivity contribution < 1.29 is 13.2 Å². The Bertz CT molecular complexity index is 1320. The third-order valence-corrected chi connectivity index (χ3v) is 8.82. The van der Waals surface area contributed by atoms with Crippen molar-refractivity contribution in [1.82, 2.24) is 14.2 Å². The number of carbonyl (C=O) groups is 1. The molecule has 2 saturated heterocycles. The Morgan fingerprint density at radius 3 is 2.35 bits per heavy atom. The normalized spacial score (nSPS) is 17.8. The molecular formula is C25H27ClN4O3S. The van der Waals surface area contributed by atoms with Gasteiger partial charge >= 0.3 is 0 Å². The van der Waals surface area contributed by atoms with Gasteiger partial charge in [0, 0.05) is 44.7 Å². The molecule has 1 aromatic heterocycles. The van der Waals surface area contributed by atoms with Crippen LogP contribution in [0.1, 0.15) is 29.6 Å². The number of piperidine rings is 1. The molecule has 2 aromatic carbocycles. The highest BCUT2D eigenvalue weighted by Gasteiger charge is 2.29. The zero-order valence-corrected chi connectivity index (χ0v) is 20.4. The molecule has 0 N–H and O–H groups in total. The first-order chi connectivity index (χ1) is 16.4. The van der Waals surface area contributed by atoms with E-state index in [1.807, 2.05) is 30.3 Å².